The first-order valence-electron chi connectivity index (χ1n) is 10.9. The summed E-state index contributed by atoms with van der Waals surface area (Å²) in [5.41, 5.74) is 3.18. The van der Waals surface area contributed by atoms with Crippen LogP contribution >= 0.6 is 0 Å². The van der Waals surface area contributed by atoms with E-state index in [4.69, 9.17) is 9.47 Å². The molecule has 1 N–H and O–H groups in total. The predicted molar refractivity (Wildman–Crippen MR) is 126 cm³/mol. The molecule has 3 rings (SSSR count). The Kier molecular flexibility index (Phi) is 8.11. The zero-order valence-corrected chi connectivity index (χ0v) is 18.5. The molecule has 0 aliphatic rings. The number of hydrogen-bond acceptors (Lipinski definition) is 3. The molecule has 0 saturated heterocycles. The summed E-state index contributed by atoms with van der Waals surface area (Å²) in [5.74, 6) is 1.59. The van der Waals surface area contributed by atoms with Gasteiger partial charge in [0, 0.05) is 0 Å². The van der Waals surface area contributed by atoms with Crippen LogP contribution in [-0.2, 0) is 11.2 Å². The van der Waals surface area contributed by atoms with Gasteiger partial charge in [0.2, 0.25) is 0 Å². The van der Waals surface area contributed by atoms with Gasteiger partial charge in [-0.25, -0.2) is 0 Å². The average molecular weight is 418 g/mol. The Labute approximate surface area is 185 Å². The number of benzene rings is 3. The Morgan fingerprint density at radius 3 is 2.26 bits per heavy atom. The van der Waals surface area contributed by atoms with Crippen molar-refractivity contribution in [1.29, 1.82) is 0 Å². The van der Waals surface area contributed by atoms with Crippen LogP contribution in [0.1, 0.15) is 44.2 Å². The van der Waals surface area contributed by atoms with Gasteiger partial charge in [-0.15, -0.1) is 0 Å². The van der Waals surface area contributed by atoms with E-state index in [1.807, 2.05) is 66.7 Å². The lowest BCUT2D eigenvalue weighted by molar-refractivity contribution is -0.122. The molecule has 4 heteroatoms. The molecule has 0 radical (unpaired) electrons. The van der Waals surface area contributed by atoms with Gasteiger partial charge in [0.1, 0.15) is 11.5 Å². The Hall–Kier alpha value is -3.27. The van der Waals surface area contributed by atoms with Crippen LogP contribution in [0.5, 0.6) is 11.5 Å². The molecular formula is C27H31NO3. The molecule has 1 atom stereocenters. The largest absolute Gasteiger partial charge is 0.491 e. The van der Waals surface area contributed by atoms with Crippen LogP contribution in [0.25, 0.3) is 0 Å². The molecule has 0 aromatic heterocycles. The highest BCUT2D eigenvalue weighted by Gasteiger charge is 2.17. The minimum atomic E-state index is -0.629. The second-order valence-electron chi connectivity index (χ2n) is 7.91. The van der Waals surface area contributed by atoms with E-state index in [2.05, 4.69) is 31.3 Å². The molecule has 0 aliphatic heterocycles. The van der Waals surface area contributed by atoms with Gasteiger partial charge in [-0.2, -0.15) is 0 Å². The summed E-state index contributed by atoms with van der Waals surface area (Å²) in [7, 11) is 0. The van der Waals surface area contributed by atoms with Gasteiger partial charge in [-0.05, 0) is 61.1 Å². The lowest BCUT2D eigenvalue weighted by Gasteiger charge is -2.17. The summed E-state index contributed by atoms with van der Waals surface area (Å²) in [4.78, 5) is 12.7. The van der Waals surface area contributed by atoms with Gasteiger partial charge in [-0.1, -0.05) is 68.4 Å². The maximum atomic E-state index is 12.7. The molecule has 0 spiro atoms. The second kappa shape index (κ2) is 11.2. The van der Waals surface area contributed by atoms with Crippen LogP contribution in [0.2, 0.25) is 0 Å². The fourth-order valence-corrected chi connectivity index (χ4v) is 3.22. The van der Waals surface area contributed by atoms with Crippen molar-refractivity contribution in [3.8, 4) is 11.5 Å². The fourth-order valence-electron chi connectivity index (χ4n) is 3.22. The van der Waals surface area contributed by atoms with Gasteiger partial charge < -0.3 is 14.8 Å². The molecule has 0 bridgehead atoms. The van der Waals surface area contributed by atoms with Crippen LogP contribution < -0.4 is 14.8 Å². The molecule has 31 heavy (non-hydrogen) atoms. The maximum Gasteiger partial charge on any atom is 0.265 e. The Morgan fingerprint density at radius 2 is 1.55 bits per heavy atom. The normalized spacial score (nSPS) is 11.7. The van der Waals surface area contributed by atoms with Crippen molar-refractivity contribution in [2.24, 2.45) is 0 Å². The number of hydrogen-bond donors (Lipinski definition) is 1. The fraction of sp³-hybridized carbons (Fsp3) is 0.296. The van der Waals surface area contributed by atoms with E-state index >= 15 is 0 Å². The summed E-state index contributed by atoms with van der Waals surface area (Å²) in [6.07, 6.45) is 1.23. The molecule has 3 aromatic rings. The highest BCUT2D eigenvalue weighted by Crippen LogP contribution is 2.25. The standard InChI is InChI=1S/C27H31NO3/c1-20(2)23-15-17-24(18-16-23)31-21(3)27(29)28-25-13-7-8-14-26(25)30-19-9-12-22-10-5-4-6-11-22/h4-8,10-11,13-18,20-21H,9,12,19H2,1-3H3,(H,28,29). The lowest BCUT2D eigenvalue weighted by atomic mass is 10.0. The summed E-state index contributed by atoms with van der Waals surface area (Å²) in [6, 6.07) is 25.7. The van der Waals surface area contributed by atoms with Crippen LogP contribution in [0.4, 0.5) is 5.69 Å². The van der Waals surface area contributed by atoms with E-state index < -0.39 is 6.10 Å². The van der Waals surface area contributed by atoms with E-state index in [-0.39, 0.29) is 5.91 Å². The van der Waals surface area contributed by atoms with E-state index in [0.717, 1.165) is 12.8 Å². The number of carbonyl (C=O) groups is 1. The first kappa shape index (κ1) is 22.4. The molecule has 0 fully saturated rings. The summed E-state index contributed by atoms with van der Waals surface area (Å²) in [6.45, 7) is 6.62. The van der Waals surface area contributed by atoms with Gasteiger partial charge in [0.25, 0.3) is 5.91 Å². The zero-order chi connectivity index (χ0) is 22.1. The summed E-state index contributed by atoms with van der Waals surface area (Å²) < 4.78 is 11.8. The number of anilines is 1. The third-order valence-electron chi connectivity index (χ3n) is 5.08. The number of ether oxygens (including phenoxy) is 2. The molecule has 0 heterocycles. The molecular weight excluding hydrogens is 386 g/mol. The summed E-state index contributed by atoms with van der Waals surface area (Å²) in [5, 5.41) is 2.93. The van der Waals surface area contributed by atoms with Crippen LogP contribution in [0.3, 0.4) is 0 Å². The maximum absolute atomic E-state index is 12.7. The van der Waals surface area contributed by atoms with Crippen molar-refractivity contribution in [3.63, 3.8) is 0 Å². The SMILES string of the molecule is CC(Oc1ccc(C(C)C)cc1)C(=O)Nc1ccccc1OCCCc1ccccc1. The Morgan fingerprint density at radius 1 is 0.871 bits per heavy atom. The quantitative estimate of drug-likeness (QED) is 0.398. The van der Waals surface area contributed by atoms with Crippen LogP contribution in [0.15, 0.2) is 78.9 Å². The Balaban J connectivity index is 1.52. The van der Waals surface area contributed by atoms with Crippen molar-refractivity contribution in [2.75, 3.05) is 11.9 Å². The van der Waals surface area contributed by atoms with Crippen LogP contribution in [-0.4, -0.2) is 18.6 Å². The predicted octanol–water partition coefficient (Wildman–Crippen LogP) is 6.23. The van der Waals surface area contributed by atoms with Crippen molar-refractivity contribution in [1.82, 2.24) is 0 Å². The van der Waals surface area contributed by atoms with Gasteiger partial charge in [-0.3, -0.25) is 4.79 Å². The molecule has 162 valence electrons. The smallest absolute Gasteiger partial charge is 0.265 e. The second-order valence-corrected chi connectivity index (χ2v) is 7.91. The molecule has 1 amide bonds. The minimum Gasteiger partial charge on any atom is -0.491 e. The highest BCUT2D eigenvalue weighted by molar-refractivity contribution is 5.95. The molecule has 4 nitrogen and oxygen atoms in total. The van der Waals surface area contributed by atoms with E-state index in [9.17, 15) is 4.79 Å². The third kappa shape index (κ3) is 6.88. The van der Waals surface area contributed by atoms with Crippen molar-refractivity contribution in [3.05, 3.63) is 90.0 Å². The monoisotopic (exact) mass is 417 g/mol. The molecule has 1 unspecified atom stereocenters. The van der Waals surface area contributed by atoms with Gasteiger partial charge in [0.15, 0.2) is 6.10 Å². The zero-order valence-electron chi connectivity index (χ0n) is 18.5. The number of rotatable bonds is 10. The van der Waals surface area contributed by atoms with E-state index in [1.165, 1.54) is 11.1 Å². The highest BCUT2D eigenvalue weighted by atomic mass is 16.5. The number of carbonyl (C=O) groups excluding carboxylic acids is 1. The van der Waals surface area contributed by atoms with Crippen molar-refractivity contribution >= 4 is 11.6 Å². The first-order valence-corrected chi connectivity index (χ1v) is 10.9. The number of nitrogens with one attached hydrogen (secondary N) is 1. The molecule has 0 saturated carbocycles. The van der Waals surface area contributed by atoms with Crippen molar-refractivity contribution in [2.45, 2.75) is 45.6 Å². The third-order valence-corrected chi connectivity index (χ3v) is 5.08. The minimum absolute atomic E-state index is 0.215. The average Bonchev–Trinajstić information content (AvgIpc) is 2.78. The number of para-hydroxylation sites is 2. The van der Waals surface area contributed by atoms with Crippen LogP contribution in [0, 0.1) is 0 Å². The van der Waals surface area contributed by atoms with Crippen molar-refractivity contribution < 1.29 is 14.3 Å². The molecule has 0 aliphatic carbocycles. The lowest BCUT2D eigenvalue weighted by Crippen LogP contribution is -2.30. The van der Waals surface area contributed by atoms with E-state index in [1.54, 1.807) is 6.92 Å². The van der Waals surface area contributed by atoms with Gasteiger partial charge >= 0.3 is 0 Å². The van der Waals surface area contributed by atoms with Gasteiger partial charge in [0.05, 0.1) is 12.3 Å². The Bertz CT molecular complexity index is 952. The number of amides is 1. The first-order chi connectivity index (χ1) is 15.0. The number of aryl methyl sites for hydroxylation is 1. The summed E-state index contributed by atoms with van der Waals surface area (Å²) >= 11 is 0. The molecule has 3 aromatic carbocycles. The van der Waals surface area contributed by atoms with E-state index in [0.29, 0.717) is 29.7 Å². The topological polar surface area (TPSA) is 47.6 Å².